The van der Waals surface area contributed by atoms with Crippen LogP contribution in [-0.2, 0) is 6.42 Å². The minimum Gasteiger partial charge on any atom is -0.496 e. The van der Waals surface area contributed by atoms with Crippen LogP contribution in [0.1, 0.15) is 23.4 Å². The maximum atomic E-state index is 13.6. The van der Waals surface area contributed by atoms with E-state index in [0.29, 0.717) is 10.9 Å². The molecule has 1 N–H and O–H groups in total. The number of likely N-dealkylation sites (N-methyl/N-ethyl adjacent to an activating group) is 1. The first kappa shape index (κ1) is 15.5. The van der Waals surface area contributed by atoms with Crippen LogP contribution in [-0.4, -0.2) is 13.7 Å². The zero-order valence-electron chi connectivity index (χ0n) is 11.5. The first-order valence-corrected chi connectivity index (χ1v) is 8.12. The lowest BCUT2D eigenvalue weighted by Crippen LogP contribution is -2.22. The zero-order chi connectivity index (χ0) is 14.5. The molecule has 1 aromatic carbocycles. The third-order valence-electron chi connectivity index (χ3n) is 3.10. The smallest absolute Gasteiger partial charge is 0.137 e. The van der Waals surface area contributed by atoms with Crippen LogP contribution in [0.5, 0.6) is 5.75 Å². The van der Waals surface area contributed by atoms with Crippen LogP contribution in [0.3, 0.4) is 0 Å². The van der Waals surface area contributed by atoms with Gasteiger partial charge in [0, 0.05) is 6.04 Å². The van der Waals surface area contributed by atoms with E-state index in [1.165, 1.54) is 6.07 Å². The lowest BCUT2D eigenvalue weighted by Gasteiger charge is -2.19. The standard InChI is InChI=1S/C15H17BrFNOS/c1-3-18-12(15-13(19-2)7-8-20-15)9-10-5-4-6-11(17)14(10)16/h4-8,12,18H,3,9H2,1-2H3. The van der Waals surface area contributed by atoms with Gasteiger partial charge in [0.05, 0.1) is 16.5 Å². The Labute approximate surface area is 131 Å². The molecule has 1 unspecified atom stereocenters. The van der Waals surface area contributed by atoms with E-state index in [2.05, 4.69) is 28.2 Å². The Morgan fingerprint density at radius 1 is 1.40 bits per heavy atom. The first-order valence-electron chi connectivity index (χ1n) is 6.45. The Bertz CT molecular complexity index is 573. The summed E-state index contributed by atoms with van der Waals surface area (Å²) >= 11 is 4.98. The molecule has 0 aliphatic rings. The minimum absolute atomic E-state index is 0.119. The summed E-state index contributed by atoms with van der Waals surface area (Å²) in [7, 11) is 1.67. The fourth-order valence-electron chi connectivity index (χ4n) is 2.16. The Morgan fingerprint density at radius 2 is 2.20 bits per heavy atom. The van der Waals surface area contributed by atoms with Crippen LogP contribution in [0.15, 0.2) is 34.1 Å². The van der Waals surface area contributed by atoms with Gasteiger partial charge >= 0.3 is 0 Å². The van der Waals surface area contributed by atoms with Gasteiger partial charge < -0.3 is 10.1 Å². The molecule has 0 aliphatic heterocycles. The Kier molecular flexibility index (Phi) is 5.57. The number of nitrogens with one attached hydrogen (secondary N) is 1. The Morgan fingerprint density at radius 3 is 2.90 bits per heavy atom. The van der Waals surface area contributed by atoms with E-state index in [9.17, 15) is 4.39 Å². The molecule has 1 atom stereocenters. The molecule has 0 saturated heterocycles. The van der Waals surface area contributed by atoms with Gasteiger partial charge in [-0.15, -0.1) is 11.3 Å². The van der Waals surface area contributed by atoms with Crippen LogP contribution in [0.25, 0.3) is 0 Å². The highest BCUT2D eigenvalue weighted by molar-refractivity contribution is 9.10. The second-order valence-electron chi connectivity index (χ2n) is 4.38. The molecule has 0 aliphatic carbocycles. The van der Waals surface area contributed by atoms with E-state index in [1.54, 1.807) is 24.5 Å². The number of benzene rings is 1. The average Bonchev–Trinajstić information content (AvgIpc) is 2.91. The van der Waals surface area contributed by atoms with Gasteiger partial charge in [0.15, 0.2) is 0 Å². The van der Waals surface area contributed by atoms with Crippen molar-refractivity contribution in [3.8, 4) is 5.75 Å². The predicted molar refractivity (Wildman–Crippen MR) is 85.1 cm³/mol. The van der Waals surface area contributed by atoms with Crippen LogP contribution in [0.2, 0.25) is 0 Å². The van der Waals surface area contributed by atoms with Crippen molar-refractivity contribution in [2.24, 2.45) is 0 Å². The molecule has 0 bridgehead atoms. The highest BCUT2D eigenvalue weighted by atomic mass is 79.9. The fraction of sp³-hybridized carbons (Fsp3) is 0.333. The van der Waals surface area contributed by atoms with Gasteiger partial charge in [-0.3, -0.25) is 0 Å². The normalized spacial score (nSPS) is 12.4. The second kappa shape index (κ2) is 7.20. The molecule has 2 aromatic rings. The van der Waals surface area contributed by atoms with E-state index in [-0.39, 0.29) is 11.9 Å². The van der Waals surface area contributed by atoms with Crippen LogP contribution in [0, 0.1) is 5.82 Å². The minimum atomic E-state index is -0.226. The number of thiophene rings is 1. The van der Waals surface area contributed by atoms with Crippen LogP contribution in [0.4, 0.5) is 4.39 Å². The van der Waals surface area contributed by atoms with Gasteiger partial charge in [-0.25, -0.2) is 4.39 Å². The lowest BCUT2D eigenvalue weighted by molar-refractivity contribution is 0.403. The summed E-state index contributed by atoms with van der Waals surface area (Å²) in [5, 5.41) is 5.46. The van der Waals surface area contributed by atoms with Crippen molar-refractivity contribution >= 4 is 27.3 Å². The van der Waals surface area contributed by atoms with Crippen molar-refractivity contribution in [1.29, 1.82) is 0 Å². The van der Waals surface area contributed by atoms with Gasteiger partial charge in [0.2, 0.25) is 0 Å². The van der Waals surface area contributed by atoms with Crippen LogP contribution >= 0.6 is 27.3 Å². The van der Waals surface area contributed by atoms with Crippen LogP contribution < -0.4 is 10.1 Å². The fourth-order valence-corrected chi connectivity index (χ4v) is 3.52. The third-order valence-corrected chi connectivity index (χ3v) is 5.00. The number of methoxy groups -OCH3 is 1. The molecule has 0 spiro atoms. The molecule has 2 rings (SSSR count). The zero-order valence-corrected chi connectivity index (χ0v) is 13.9. The van der Waals surface area contributed by atoms with Gasteiger partial charge in [-0.1, -0.05) is 19.1 Å². The maximum absolute atomic E-state index is 13.6. The molecule has 0 amide bonds. The average molecular weight is 358 g/mol. The van der Waals surface area contributed by atoms with Gasteiger partial charge in [-0.2, -0.15) is 0 Å². The summed E-state index contributed by atoms with van der Waals surface area (Å²) in [5.41, 5.74) is 0.950. The number of hydrogen-bond donors (Lipinski definition) is 1. The summed E-state index contributed by atoms with van der Waals surface area (Å²) in [6.45, 7) is 2.91. The molecule has 0 radical (unpaired) electrons. The highest BCUT2D eigenvalue weighted by Gasteiger charge is 2.19. The summed E-state index contributed by atoms with van der Waals surface area (Å²) in [4.78, 5) is 1.14. The molecule has 5 heteroatoms. The van der Waals surface area contributed by atoms with Crippen molar-refractivity contribution in [3.05, 3.63) is 50.4 Å². The summed E-state index contributed by atoms with van der Waals surface area (Å²) < 4.78 is 19.5. The molecule has 1 heterocycles. The molecular weight excluding hydrogens is 341 g/mol. The number of halogens is 2. The van der Waals surface area contributed by atoms with E-state index in [4.69, 9.17) is 4.74 Å². The van der Waals surface area contributed by atoms with Gasteiger partial charge in [0.25, 0.3) is 0 Å². The molecule has 1 aromatic heterocycles. The van der Waals surface area contributed by atoms with E-state index >= 15 is 0 Å². The molecule has 0 fully saturated rings. The Hall–Kier alpha value is -0.910. The largest absolute Gasteiger partial charge is 0.496 e. The summed E-state index contributed by atoms with van der Waals surface area (Å²) in [6, 6.07) is 7.22. The molecule has 2 nitrogen and oxygen atoms in total. The number of hydrogen-bond acceptors (Lipinski definition) is 3. The third kappa shape index (κ3) is 3.40. The molecule has 20 heavy (non-hydrogen) atoms. The summed E-state index contributed by atoms with van der Waals surface area (Å²) in [5.74, 6) is 0.657. The molecule has 108 valence electrons. The number of rotatable bonds is 6. The SMILES string of the molecule is CCNC(Cc1cccc(F)c1Br)c1sccc1OC. The quantitative estimate of drug-likeness (QED) is 0.818. The predicted octanol–water partition coefficient (Wildman–Crippen LogP) is 4.55. The monoisotopic (exact) mass is 357 g/mol. The van der Waals surface area contributed by atoms with Crippen molar-refractivity contribution in [2.75, 3.05) is 13.7 Å². The van der Waals surface area contributed by atoms with Gasteiger partial charge in [0.1, 0.15) is 11.6 Å². The Balaban J connectivity index is 2.28. The molecular formula is C15H17BrFNOS. The summed E-state index contributed by atoms with van der Waals surface area (Å²) in [6.07, 6.45) is 0.711. The number of ether oxygens (including phenoxy) is 1. The lowest BCUT2D eigenvalue weighted by atomic mass is 10.0. The topological polar surface area (TPSA) is 21.3 Å². The maximum Gasteiger partial charge on any atom is 0.137 e. The molecule has 0 saturated carbocycles. The van der Waals surface area contributed by atoms with E-state index in [0.717, 1.165) is 22.7 Å². The van der Waals surface area contributed by atoms with Crippen molar-refractivity contribution < 1.29 is 9.13 Å². The van der Waals surface area contributed by atoms with Crippen molar-refractivity contribution in [1.82, 2.24) is 5.32 Å². The van der Waals surface area contributed by atoms with Crippen molar-refractivity contribution in [2.45, 2.75) is 19.4 Å². The highest BCUT2D eigenvalue weighted by Crippen LogP contribution is 2.34. The second-order valence-corrected chi connectivity index (χ2v) is 6.12. The first-order chi connectivity index (χ1) is 9.67. The van der Waals surface area contributed by atoms with Gasteiger partial charge in [-0.05, 0) is 52.0 Å². The van der Waals surface area contributed by atoms with E-state index < -0.39 is 0 Å². The van der Waals surface area contributed by atoms with Crippen molar-refractivity contribution in [3.63, 3.8) is 0 Å². The van der Waals surface area contributed by atoms with E-state index in [1.807, 2.05) is 17.5 Å².